The van der Waals surface area contributed by atoms with Crippen LogP contribution >= 0.6 is 0 Å². The molecule has 4 heteroatoms. The Kier molecular flexibility index (Phi) is 6.31. The molecule has 0 N–H and O–H groups in total. The van der Waals surface area contributed by atoms with Gasteiger partial charge in [0.05, 0.1) is 22.1 Å². The second-order valence-electron chi connectivity index (χ2n) is 14.4. The molecule has 0 fully saturated rings. The molecule has 4 nitrogen and oxygen atoms in total. The monoisotopic (exact) mass is 700 g/mol. The first-order valence-corrected chi connectivity index (χ1v) is 18.8. The van der Waals surface area contributed by atoms with Gasteiger partial charge in [0.25, 0.3) is 0 Å². The van der Waals surface area contributed by atoms with Crippen molar-refractivity contribution in [3.05, 3.63) is 194 Å². The lowest BCUT2D eigenvalue weighted by Crippen LogP contribution is -1.94. The Morgan fingerprint density at radius 2 is 0.818 bits per heavy atom. The second-order valence-corrected chi connectivity index (χ2v) is 14.4. The van der Waals surface area contributed by atoms with Gasteiger partial charge in [0.15, 0.2) is 5.65 Å². The molecule has 0 saturated heterocycles. The maximum absolute atomic E-state index is 5.42. The van der Waals surface area contributed by atoms with Gasteiger partial charge in [-0.15, -0.1) is 0 Å². The molecule has 0 bridgehead atoms. The zero-order valence-corrected chi connectivity index (χ0v) is 29.8. The number of para-hydroxylation sites is 3. The van der Waals surface area contributed by atoms with E-state index in [9.17, 15) is 0 Å². The summed E-state index contributed by atoms with van der Waals surface area (Å²) < 4.78 is 7.09. The highest BCUT2D eigenvalue weighted by molar-refractivity contribution is 6.18. The molecular weight excluding hydrogens is 669 g/mol. The highest BCUT2D eigenvalue weighted by Crippen LogP contribution is 2.40. The lowest BCUT2D eigenvalue weighted by atomic mass is 9.98. The van der Waals surface area contributed by atoms with Crippen LogP contribution in [0.5, 0.6) is 0 Å². The van der Waals surface area contributed by atoms with Crippen LogP contribution < -0.4 is 0 Å². The fourth-order valence-electron chi connectivity index (χ4n) is 8.97. The SMILES string of the molecule is c1ccc(-c2cccc(-n3c4ccccc4c4cc(-c5ccc6c(c5)c5ccccc5c5nc7c(c8ccccc8n7-c7ccccc7)n65)ccc43)c2)cc1. The fourth-order valence-corrected chi connectivity index (χ4v) is 8.97. The van der Waals surface area contributed by atoms with E-state index in [4.69, 9.17) is 4.98 Å². The molecule has 4 heterocycles. The van der Waals surface area contributed by atoms with Gasteiger partial charge in [-0.3, -0.25) is 8.97 Å². The molecule has 12 aromatic rings. The number of rotatable bonds is 4. The minimum absolute atomic E-state index is 0.963. The van der Waals surface area contributed by atoms with Crippen molar-refractivity contribution in [2.24, 2.45) is 0 Å². The van der Waals surface area contributed by atoms with Crippen LogP contribution in [0.15, 0.2) is 194 Å². The Labute approximate surface area is 316 Å². The molecule has 4 aromatic heterocycles. The zero-order valence-electron chi connectivity index (χ0n) is 29.8. The van der Waals surface area contributed by atoms with Crippen molar-refractivity contribution in [3.8, 4) is 33.6 Å². The Bertz CT molecular complexity index is 3480. The quantitative estimate of drug-likeness (QED) is 0.168. The molecule has 0 spiro atoms. The molecule has 0 atom stereocenters. The van der Waals surface area contributed by atoms with E-state index in [0.29, 0.717) is 0 Å². The number of hydrogen-bond donors (Lipinski definition) is 0. The largest absolute Gasteiger partial charge is 0.309 e. The molecule has 0 radical (unpaired) electrons. The molecule has 0 aliphatic heterocycles. The Morgan fingerprint density at radius 1 is 0.291 bits per heavy atom. The summed E-state index contributed by atoms with van der Waals surface area (Å²) in [6, 6.07) is 70.1. The van der Waals surface area contributed by atoms with Gasteiger partial charge >= 0.3 is 0 Å². The van der Waals surface area contributed by atoms with E-state index in [2.05, 4.69) is 208 Å². The third-order valence-electron chi connectivity index (χ3n) is 11.4. The normalized spacial score (nSPS) is 12.0. The third-order valence-corrected chi connectivity index (χ3v) is 11.4. The summed E-state index contributed by atoms with van der Waals surface area (Å²) in [4.78, 5) is 5.42. The van der Waals surface area contributed by atoms with Crippen LogP contribution in [0.4, 0.5) is 0 Å². The Balaban J connectivity index is 1.09. The summed E-state index contributed by atoms with van der Waals surface area (Å²) in [7, 11) is 0. The van der Waals surface area contributed by atoms with Gasteiger partial charge < -0.3 is 4.57 Å². The topological polar surface area (TPSA) is 27.2 Å². The minimum Gasteiger partial charge on any atom is -0.309 e. The fraction of sp³-hybridized carbons (Fsp3) is 0. The number of fused-ring (bicyclic) bond motifs is 13. The summed E-state index contributed by atoms with van der Waals surface area (Å²) in [6.07, 6.45) is 0. The van der Waals surface area contributed by atoms with Gasteiger partial charge in [0, 0.05) is 38.3 Å². The van der Waals surface area contributed by atoms with Crippen molar-refractivity contribution < 1.29 is 0 Å². The van der Waals surface area contributed by atoms with E-state index < -0.39 is 0 Å². The van der Waals surface area contributed by atoms with E-state index in [0.717, 1.165) is 44.6 Å². The van der Waals surface area contributed by atoms with Crippen LogP contribution in [0.3, 0.4) is 0 Å². The number of imidazole rings is 1. The standard InChI is InChI=1S/C51H32N4/c1-3-14-33(15-4-1)34-16-13-19-38(30-34)53-45-24-11-9-21-40(45)44-32-36(26-28-47(44)53)35-27-29-48-43(31-35)39-20-7-8-22-41(39)50-52-51-49(55(48)50)42-23-10-12-25-46(42)54(51)37-17-5-2-6-18-37/h1-32H. The molecule has 8 aromatic carbocycles. The minimum atomic E-state index is 0.963. The summed E-state index contributed by atoms with van der Waals surface area (Å²) in [5, 5.41) is 7.22. The first-order chi connectivity index (χ1) is 27.3. The summed E-state index contributed by atoms with van der Waals surface area (Å²) in [6.45, 7) is 0. The molecule has 0 aliphatic carbocycles. The second kappa shape index (κ2) is 11.5. The third kappa shape index (κ3) is 4.37. The lowest BCUT2D eigenvalue weighted by Gasteiger charge is -2.12. The summed E-state index contributed by atoms with van der Waals surface area (Å²) >= 11 is 0. The maximum Gasteiger partial charge on any atom is 0.165 e. The van der Waals surface area contributed by atoms with Crippen molar-refractivity contribution in [2.45, 2.75) is 0 Å². The first kappa shape index (κ1) is 30.1. The van der Waals surface area contributed by atoms with Crippen LogP contribution in [0.25, 0.3) is 105 Å². The number of aromatic nitrogens is 4. The molecule has 0 unspecified atom stereocenters. The average Bonchev–Trinajstić information content (AvgIpc) is 3.91. The molecule has 0 saturated carbocycles. The van der Waals surface area contributed by atoms with Crippen molar-refractivity contribution in [2.75, 3.05) is 0 Å². The number of hydrogen-bond acceptors (Lipinski definition) is 1. The number of pyridine rings is 1. The Hall–Kier alpha value is -7.43. The van der Waals surface area contributed by atoms with Crippen LogP contribution in [-0.2, 0) is 0 Å². The van der Waals surface area contributed by atoms with E-state index >= 15 is 0 Å². The lowest BCUT2D eigenvalue weighted by molar-refractivity contribution is 1.15. The van der Waals surface area contributed by atoms with Gasteiger partial charge in [0.1, 0.15) is 11.2 Å². The van der Waals surface area contributed by atoms with Crippen LogP contribution in [0, 0.1) is 0 Å². The number of nitrogens with zero attached hydrogens (tertiary/aromatic N) is 4. The zero-order chi connectivity index (χ0) is 36.0. The summed E-state index contributed by atoms with van der Waals surface area (Å²) in [5.41, 5.74) is 14.8. The molecule has 55 heavy (non-hydrogen) atoms. The molecule has 0 amide bonds. The van der Waals surface area contributed by atoms with E-state index in [-0.39, 0.29) is 0 Å². The predicted octanol–water partition coefficient (Wildman–Crippen LogP) is 13.2. The highest BCUT2D eigenvalue weighted by atomic mass is 15.1. The van der Waals surface area contributed by atoms with Crippen molar-refractivity contribution in [1.29, 1.82) is 0 Å². The smallest absolute Gasteiger partial charge is 0.165 e. The van der Waals surface area contributed by atoms with Crippen molar-refractivity contribution in [1.82, 2.24) is 18.5 Å². The van der Waals surface area contributed by atoms with E-state index in [1.807, 2.05) is 0 Å². The maximum atomic E-state index is 5.42. The van der Waals surface area contributed by atoms with Gasteiger partial charge in [-0.25, -0.2) is 4.98 Å². The molecule has 0 aliphatic rings. The highest BCUT2D eigenvalue weighted by Gasteiger charge is 2.22. The molecular formula is C51H32N4. The summed E-state index contributed by atoms with van der Waals surface area (Å²) in [5.74, 6) is 0. The molecule has 256 valence electrons. The van der Waals surface area contributed by atoms with E-state index in [1.54, 1.807) is 0 Å². The van der Waals surface area contributed by atoms with Crippen molar-refractivity contribution in [3.63, 3.8) is 0 Å². The van der Waals surface area contributed by atoms with Gasteiger partial charge in [-0.2, -0.15) is 0 Å². The Morgan fingerprint density at radius 3 is 1.58 bits per heavy atom. The van der Waals surface area contributed by atoms with Crippen LogP contribution in [-0.4, -0.2) is 18.5 Å². The van der Waals surface area contributed by atoms with Crippen LogP contribution in [0.2, 0.25) is 0 Å². The van der Waals surface area contributed by atoms with Gasteiger partial charge in [-0.05, 0) is 88.3 Å². The predicted molar refractivity (Wildman–Crippen MR) is 230 cm³/mol. The van der Waals surface area contributed by atoms with Gasteiger partial charge in [-0.1, -0.05) is 133 Å². The number of benzene rings is 8. The molecule has 12 rings (SSSR count). The average molecular weight is 701 g/mol. The van der Waals surface area contributed by atoms with Crippen molar-refractivity contribution >= 4 is 71.2 Å². The van der Waals surface area contributed by atoms with E-state index in [1.165, 1.54) is 60.2 Å². The van der Waals surface area contributed by atoms with Gasteiger partial charge in [0.2, 0.25) is 0 Å². The first-order valence-electron chi connectivity index (χ1n) is 18.8. The van der Waals surface area contributed by atoms with Crippen LogP contribution in [0.1, 0.15) is 0 Å².